The van der Waals surface area contributed by atoms with E-state index in [1.165, 1.54) is 6.07 Å². The van der Waals surface area contributed by atoms with E-state index in [1.54, 1.807) is 42.5 Å². The number of epoxide rings is 1. The summed E-state index contributed by atoms with van der Waals surface area (Å²) >= 11 is 0. The van der Waals surface area contributed by atoms with Crippen molar-refractivity contribution in [1.82, 2.24) is 0 Å². The Hall–Kier alpha value is -2.83. The third-order valence-corrected chi connectivity index (χ3v) is 7.77. The van der Waals surface area contributed by atoms with Crippen LogP contribution < -0.4 is 4.74 Å². The highest BCUT2D eigenvalue weighted by Crippen LogP contribution is 2.40. The average molecular weight is 511 g/mol. The molecule has 0 bridgehead atoms. The highest BCUT2D eigenvalue weighted by atomic mass is 19.2. The number of halogens is 3. The van der Waals surface area contributed by atoms with Crippen LogP contribution in [-0.2, 0) is 11.3 Å². The van der Waals surface area contributed by atoms with E-state index in [0.29, 0.717) is 34.6 Å². The van der Waals surface area contributed by atoms with Gasteiger partial charge >= 0.3 is 0 Å². The molecule has 2 fully saturated rings. The number of aliphatic hydroxyl groups excluding tert-OH is 1. The van der Waals surface area contributed by atoms with E-state index in [2.05, 4.69) is 6.92 Å². The predicted octanol–water partition coefficient (Wildman–Crippen LogP) is 7.86. The minimum atomic E-state index is -0.838. The molecule has 0 radical (unpaired) electrons. The molecule has 3 aromatic carbocycles. The molecule has 1 aliphatic carbocycles. The van der Waals surface area contributed by atoms with E-state index < -0.39 is 11.6 Å². The Bertz CT molecular complexity index is 1220. The van der Waals surface area contributed by atoms with Gasteiger partial charge in [0.25, 0.3) is 0 Å². The molecule has 196 valence electrons. The second kappa shape index (κ2) is 11.3. The van der Waals surface area contributed by atoms with Crippen LogP contribution in [0.15, 0.2) is 54.6 Å². The van der Waals surface area contributed by atoms with Crippen LogP contribution in [0.3, 0.4) is 0 Å². The van der Waals surface area contributed by atoms with Gasteiger partial charge in [0.05, 0.1) is 12.7 Å². The summed E-state index contributed by atoms with van der Waals surface area (Å²) < 4.78 is 55.3. The zero-order valence-electron chi connectivity index (χ0n) is 21.1. The van der Waals surface area contributed by atoms with E-state index in [4.69, 9.17) is 9.47 Å². The lowest BCUT2D eigenvalue weighted by Crippen LogP contribution is -2.25. The first kappa shape index (κ1) is 25.8. The molecular weight excluding hydrogens is 477 g/mol. The fourth-order valence-electron chi connectivity index (χ4n) is 5.50. The van der Waals surface area contributed by atoms with E-state index in [-0.39, 0.29) is 42.0 Å². The summed E-state index contributed by atoms with van der Waals surface area (Å²) in [4.78, 5) is 0. The first-order valence-electron chi connectivity index (χ1n) is 13.2. The summed E-state index contributed by atoms with van der Waals surface area (Å²) in [5.41, 5.74) is 2.45. The predicted molar refractivity (Wildman–Crippen MR) is 137 cm³/mol. The van der Waals surface area contributed by atoms with Crippen molar-refractivity contribution in [1.29, 1.82) is 0 Å². The summed E-state index contributed by atoms with van der Waals surface area (Å²) in [6.07, 6.45) is 4.48. The molecule has 0 amide bonds. The number of aliphatic hydroxyl groups is 1. The Morgan fingerprint density at radius 3 is 2.27 bits per heavy atom. The molecule has 3 nitrogen and oxygen atoms in total. The Morgan fingerprint density at radius 1 is 0.919 bits per heavy atom. The van der Waals surface area contributed by atoms with E-state index in [9.17, 15) is 9.50 Å². The summed E-state index contributed by atoms with van der Waals surface area (Å²) in [7, 11) is 0. The number of rotatable bonds is 9. The van der Waals surface area contributed by atoms with Gasteiger partial charge in [-0.3, -0.25) is 0 Å². The maximum Gasteiger partial charge on any atom is 0.166 e. The van der Waals surface area contributed by atoms with Gasteiger partial charge in [-0.1, -0.05) is 49.7 Å². The fraction of sp³-hybridized carbons (Fsp3) is 0.419. The van der Waals surface area contributed by atoms with E-state index in [1.807, 2.05) is 6.07 Å². The minimum absolute atomic E-state index is 0.0277. The van der Waals surface area contributed by atoms with Gasteiger partial charge in [-0.15, -0.1) is 0 Å². The van der Waals surface area contributed by atoms with Crippen molar-refractivity contribution in [3.05, 3.63) is 88.7 Å². The van der Waals surface area contributed by atoms with Crippen molar-refractivity contribution >= 4 is 0 Å². The lowest BCUT2D eigenvalue weighted by Gasteiger charge is -2.32. The van der Waals surface area contributed by atoms with Gasteiger partial charge < -0.3 is 14.6 Å². The zero-order valence-corrected chi connectivity index (χ0v) is 21.1. The molecule has 0 aromatic heterocycles. The molecule has 37 heavy (non-hydrogen) atoms. The summed E-state index contributed by atoms with van der Waals surface area (Å²) in [5.74, 6) is -1.15. The molecule has 1 heterocycles. The van der Waals surface area contributed by atoms with Crippen LogP contribution >= 0.6 is 0 Å². The lowest BCUT2D eigenvalue weighted by atomic mass is 9.75. The largest absolute Gasteiger partial charge is 0.489 e. The van der Waals surface area contributed by atoms with Crippen LogP contribution in [0.25, 0.3) is 11.1 Å². The van der Waals surface area contributed by atoms with Crippen molar-refractivity contribution in [2.45, 2.75) is 70.2 Å². The molecular formula is C31H33F3O3. The van der Waals surface area contributed by atoms with Crippen LogP contribution in [-0.4, -0.2) is 17.8 Å². The van der Waals surface area contributed by atoms with Gasteiger partial charge in [-0.05, 0) is 78.8 Å². The molecule has 1 saturated heterocycles. The van der Waals surface area contributed by atoms with Gasteiger partial charge in [0.15, 0.2) is 11.6 Å². The molecule has 3 aromatic rings. The maximum atomic E-state index is 15.1. The highest BCUT2D eigenvalue weighted by molar-refractivity contribution is 5.65. The third-order valence-electron chi connectivity index (χ3n) is 7.77. The molecule has 1 N–H and O–H groups in total. The second-order valence-corrected chi connectivity index (χ2v) is 10.3. The third kappa shape index (κ3) is 5.86. The van der Waals surface area contributed by atoms with Crippen molar-refractivity contribution in [2.75, 3.05) is 6.61 Å². The first-order valence-corrected chi connectivity index (χ1v) is 13.2. The standard InChI is InChI=1S/C31H33F3O3/c1-2-3-28(35)22-7-5-20(6-8-22)24-14-15-25(31(34)30(24)33)21-9-11-23(12-10-21)36-17-19-4-13-26(27(32)16-19)29-18-37-29/h4,9-16,20,22,28-29,35H,2-3,5-8,17-18H2,1H3. The van der Waals surface area contributed by atoms with Gasteiger partial charge in [-0.25, -0.2) is 13.2 Å². The minimum Gasteiger partial charge on any atom is -0.489 e. The molecule has 0 spiro atoms. The number of benzene rings is 3. The Labute approximate surface area is 216 Å². The van der Waals surface area contributed by atoms with Gasteiger partial charge in [-0.2, -0.15) is 0 Å². The maximum absolute atomic E-state index is 15.1. The van der Waals surface area contributed by atoms with Crippen molar-refractivity contribution in [3.63, 3.8) is 0 Å². The average Bonchev–Trinajstić information content (AvgIpc) is 3.75. The monoisotopic (exact) mass is 510 g/mol. The van der Waals surface area contributed by atoms with Gasteiger partial charge in [0.1, 0.15) is 24.3 Å². The SMILES string of the molecule is CCCC(O)C1CCC(c2ccc(-c3ccc(OCc4ccc(C5CO5)c(F)c4)cc3)c(F)c2F)CC1. The highest BCUT2D eigenvalue weighted by Gasteiger charge is 2.30. The van der Waals surface area contributed by atoms with Crippen molar-refractivity contribution in [2.24, 2.45) is 5.92 Å². The van der Waals surface area contributed by atoms with Crippen molar-refractivity contribution < 1.29 is 27.8 Å². The molecule has 2 atom stereocenters. The topological polar surface area (TPSA) is 42.0 Å². The Balaban J connectivity index is 1.21. The fourth-order valence-corrected chi connectivity index (χ4v) is 5.50. The first-order chi connectivity index (χ1) is 17.9. The van der Waals surface area contributed by atoms with E-state index in [0.717, 1.165) is 38.5 Å². The molecule has 1 saturated carbocycles. The molecule has 2 unspecified atom stereocenters. The summed E-state index contributed by atoms with van der Waals surface area (Å²) in [5, 5.41) is 10.3. The molecule has 6 heteroatoms. The normalized spacial score (nSPS) is 22.0. The van der Waals surface area contributed by atoms with Crippen LogP contribution in [0, 0.1) is 23.4 Å². The van der Waals surface area contributed by atoms with Crippen LogP contribution in [0.4, 0.5) is 13.2 Å². The van der Waals surface area contributed by atoms with Crippen molar-refractivity contribution in [3.8, 4) is 16.9 Å². The summed E-state index contributed by atoms with van der Waals surface area (Å²) in [6.45, 7) is 2.80. The number of hydrogen-bond donors (Lipinski definition) is 1. The van der Waals surface area contributed by atoms with E-state index >= 15 is 8.78 Å². The Morgan fingerprint density at radius 2 is 1.62 bits per heavy atom. The molecule has 1 aliphatic heterocycles. The number of hydrogen-bond acceptors (Lipinski definition) is 3. The van der Waals surface area contributed by atoms with Gasteiger partial charge in [0, 0.05) is 11.1 Å². The molecule has 2 aliphatic rings. The smallest absolute Gasteiger partial charge is 0.166 e. The van der Waals surface area contributed by atoms with Crippen LogP contribution in [0.2, 0.25) is 0 Å². The Kier molecular flexibility index (Phi) is 7.87. The summed E-state index contributed by atoms with van der Waals surface area (Å²) in [6, 6.07) is 15.1. The quantitative estimate of drug-likeness (QED) is 0.298. The number of ether oxygens (including phenoxy) is 2. The molecule has 5 rings (SSSR count). The van der Waals surface area contributed by atoms with Crippen LogP contribution in [0.5, 0.6) is 5.75 Å². The van der Waals surface area contributed by atoms with Crippen LogP contribution in [0.1, 0.15) is 74.2 Å². The lowest BCUT2D eigenvalue weighted by molar-refractivity contribution is 0.0727. The second-order valence-electron chi connectivity index (χ2n) is 10.3. The van der Waals surface area contributed by atoms with Gasteiger partial charge in [0.2, 0.25) is 0 Å². The zero-order chi connectivity index (χ0) is 25.9.